The number of nitrogens with one attached hydrogen (secondary N) is 2. The van der Waals surface area contributed by atoms with Gasteiger partial charge in [-0.1, -0.05) is 0 Å². The van der Waals surface area contributed by atoms with Crippen LogP contribution < -0.4 is 10.6 Å². The number of piperidine rings is 1. The third-order valence-corrected chi connectivity index (χ3v) is 4.22. The molecule has 2 heterocycles. The van der Waals surface area contributed by atoms with E-state index in [0.29, 0.717) is 29.1 Å². The van der Waals surface area contributed by atoms with Gasteiger partial charge in [0, 0.05) is 36.7 Å². The molecule has 0 spiro atoms. The Morgan fingerprint density at radius 3 is 2.85 bits per heavy atom. The number of aromatic nitrogens is 2. The van der Waals surface area contributed by atoms with Crippen molar-refractivity contribution < 1.29 is 4.92 Å². The minimum atomic E-state index is -0.397. The van der Waals surface area contributed by atoms with Crippen LogP contribution in [0.2, 0.25) is 0 Å². The molecule has 1 aromatic heterocycles. The Kier molecular flexibility index (Phi) is 2.37. The predicted molar refractivity (Wildman–Crippen MR) is 73.5 cm³/mol. The van der Waals surface area contributed by atoms with Gasteiger partial charge in [-0.3, -0.25) is 10.1 Å². The lowest BCUT2D eigenvalue weighted by atomic mass is 10.2. The molecule has 7 nitrogen and oxygen atoms in total. The van der Waals surface area contributed by atoms with E-state index in [1.54, 1.807) is 6.07 Å². The quantitative estimate of drug-likeness (QED) is 0.643. The Balaban J connectivity index is 1.71. The van der Waals surface area contributed by atoms with Gasteiger partial charge in [-0.25, -0.2) is 9.97 Å². The Bertz CT molecular complexity index is 694. The van der Waals surface area contributed by atoms with E-state index in [1.807, 2.05) is 0 Å². The molecular formula is C13H13N5O2. The number of hydrogen-bond donors (Lipinski definition) is 2. The number of nitro benzene ring substituents is 1. The highest BCUT2D eigenvalue weighted by atomic mass is 16.6. The van der Waals surface area contributed by atoms with Crippen molar-refractivity contribution in [1.82, 2.24) is 15.3 Å². The summed E-state index contributed by atoms with van der Waals surface area (Å²) in [6.45, 7) is 2.07. The summed E-state index contributed by atoms with van der Waals surface area (Å²) in [5, 5.41) is 18.3. The van der Waals surface area contributed by atoms with E-state index in [-0.39, 0.29) is 5.69 Å². The zero-order chi connectivity index (χ0) is 13.7. The lowest BCUT2D eigenvalue weighted by Gasteiger charge is -2.10. The highest BCUT2D eigenvalue weighted by Gasteiger charge is 2.53. The van der Waals surface area contributed by atoms with Crippen molar-refractivity contribution in [2.45, 2.75) is 6.04 Å². The summed E-state index contributed by atoms with van der Waals surface area (Å²) >= 11 is 0. The van der Waals surface area contributed by atoms with Crippen molar-refractivity contribution in [2.24, 2.45) is 11.8 Å². The van der Waals surface area contributed by atoms with Gasteiger partial charge in [0.05, 0.1) is 10.4 Å². The topological polar surface area (TPSA) is 93.0 Å². The third kappa shape index (κ3) is 1.70. The molecule has 1 saturated heterocycles. The van der Waals surface area contributed by atoms with Crippen LogP contribution in [0.15, 0.2) is 24.5 Å². The molecule has 7 heteroatoms. The number of rotatable bonds is 3. The monoisotopic (exact) mass is 271 g/mol. The first-order valence-electron chi connectivity index (χ1n) is 6.60. The first-order chi connectivity index (χ1) is 9.74. The van der Waals surface area contributed by atoms with Crippen molar-refractivity contribution in [3.63, 3.8) is 0 Å². The number of non-ortho nitro benzene ring substituents is 1. The van der Waals surface area contributed by atoms with Crippen molar-refractivity contribution in [3.8, 4) is 0 Å². The van der Waals surface area contributed by atoms with Gasteiger partial charge in [0.1, 0.15) is 12.1 Å². The fraction of sp³-hybridized carbons (Fsp3) is 0.385. The van der Waals surface area contributed by atoms with Crippen molar-refractivity contribution >= 4 is 22.4 Å². The maximum Gasteiger partial charge on any atom is 0.270 e. The van der Waals surface area contributed by atoms with Crippen molar-refractivity contribution in [2.75, 3.05) is 18.4 Å². The lowest BCUT2D eigenvalue weighted by molar-refractivity contribution is -0.384. The van der Waals surface area contributed by atoms with E-state index < -0.39 is 4.92 Å². The number of hydrogen-bond acceptors (Lipinski definition) is 6. The zero-order valence-electron chi connectivity index (χ0n) is 10.6. The molecule has 2 unspecified atom stereocenters. The molecule has 2 aromatic rings. The summed E-state index contributed by atoms with van der Waals surface area (Å²) in [6.07, 6.45) is 1.49. The van der Waals surface area contributed by atoms with E-state index in [1.165, 1.54) is 18.5 Å². The SMILES string of the molecule is O=[N+]([O-])c1ccc2ncnc(NC3C4CNCC43)c2c1. The maximum atomic E-state index is 10.9. The fourth-order valence-corrected chi connectivity index (χ4v) is 3.06. The zero-order valence-corrected chi connectivity index (χ0v) is 10.6. The second-order valence-electron chi connectivity index (χ2n) is 5.34. The van der Waals surface area contributed by atoms with Crippen LogP contribution in [0.5, 0.6) is 0 Å². The van der Waals surface area contributed by atoms with Gasteiger partial charge < -0.3 is 10.6 Å². The Morgan fingerprint density at radius 1 is 1.30 bits per heavy atom. The smallest absolute Gasteiger partial charge is 0.270 e. The summed E-state index contributed by atoms with van der Waals surface area (Å²) in [7, 11) is 0. The average Bonchev–Trinajstić information content (AvgIpc) is 2.88. The second-order valence-corrected chi connectivity index (χ2v) is 5.34. The number of anilines is 1. The van der Waals surface area contributed by atoms with Gasteiger partial charge in [0.2, 0.25) is 0 Å². The summed E-state index contributed by atoms with van der Waals surface area (Å²) in [6, 6.07) is 5.09. The molecule has 2 fully saturated rings. The van der Waals surface area contributed by atoms with Crippen LogP contribution in [-0.4, -0.2) is 34.0 Å². The molecule has 2 atom stereocenters. The number of benzene rings is 1. The van der Waals surface area contributed by atoms with Crippen LogP contribution in [0, 0.1) is 22.0 Å². The van der Waals surface area contributed by atoms with Crippen LogP contribution in [0.25, 0.3) is 10.9 Å². The normalized spacial score (nSPS) is 27.3. The largest absolute Gasteiger partial charge is 0.366 e. The van der Waals surface area contributed by atoms with Crippen LogP contribution >= 0.6 is 0 Å². The fourth-order valence-electron chi connectivity index (χ4n) is 3.06. The number of fused-ring (bicyclic) bond motifs is 2. The van der Waals surface area contributed by atoms with E-state index in [2.05, 4.69) is 20.6 Å². The van der Waals surface area contributed by atoms with Gasteiger partial charge in [-0.2, -0.15) is 0 Å². The molecule has 2 N–H and O–H groups in total. The predicted octanol–water partition coefficient (Wildman–Crippen LogP) is 1.17. The molecule has 0 amide bonds. The molecule has 1 aliphatic carbocycles. The molecule has 20 heavy (non-hydrogen) atoms. The van der Waals surface area contributed by atoms with E-state index >= 15 is 0 Å². The first kappa shape index (κ1) is 11.5. The maximum absolute atomic E-state index is 10.9. The minimum Gasteiger partial charge on any atom is -0.366 e. The Labute approximate surface area is 114 Å². The highest BCUT2D eigenvalue weighted by molar-refractivity contribution is 5.90. The second kappa shape index (κ2) is 4.11. The molecular weight excluding hydrogens is 258 g/mol. The highest BCUT2D eigenvalue weighted by Crippen LogP contribution is 2.44. The summed E-state index contributed by atoms with van der Waals surface area (Å²) < 4.78 is 0. The van der Waals surface area contributed by atoms with Crippen LogP contribution in [0.1, 0.15) is 0 Å². The molecule has 0 radical (unpaired) electrons. The minimum absolute atomic E-state index is 0.0630. The van der Waals surface area contributed by atoms with Crippen LogP contribution in [0.4, 0.5) is 11.5 Å². The van der Waals surface area contributed by atoms with Gasteiger partial charge >= 0.3 is 0 Å². The molecule has 102 valence electrons. The van der Waals surface area contributed by atoms with Gasteiger partial charge in [0.25, 0.3) is 5.69 Å². The molecule has 1 aromatic carbocycles. The number of nitro groups is 1. The standard InChI is InChI=1S/C13H13N5O2/c19-18(20)7-1-2-11-8(3-7)13(16-6-15-11)17-12-9-4-14-5-10(9)12/h1-3,6,9-10,12,14H,4-5H2,(H,15,16,17). The first-order valence-corrected chi connectivity index (χ1v) is 6.60. The van der Waals surface area contributed by atoms with Gasteiger partial charge in [-0.15, -0.1) is 0 Å². The van der Waals surface area contributed by atoms with Crippen molar-refractivity contribution in [3.05, 3.63) is 34.6 Å². The molecule has 2 aliphatic rings. The number of nitrogens with zero attached hydrogens (tertiary/aromatic N) is 3. The summed E-state index contributed by atoms with van der Waals surface area (Å²) in [4.78, 5) is 18.9. The summed E-state index contributed by atoms with van der Waals surface area (Å²) in [5.41, 5.74) is 0.782. The van der Waals surface area contributed by atoms with E-state index in [0.717, 1.165) is 18.6 Å². The van der Waals surface area contributed by atoms with Gasteiger partial charge in [-0.05, 0) is 17.9 Å². The lowest BCUT2D eigenvalue weighted by Crippen LogP contribution is -2.21. The van der Waals surface area contributed by atoms with Crippen LogP contribution in [-0.2, 0) is 0 Å². The van der Waals surface area contributed by atoms with Gasteiger partial charge in [0.15, 0.2) is 0 Å². The molecule has 1 aliphatic heterocycles. The van der Waals surface area contributed by atoms with Crippen LogP contribution in [0.3, 0.4) is 0 Å². The average molecular weight is 271 g/mol. The summed E-state index contributed by atoms with van der Waals surface area (Å²) in [5.74, 6) is 2.00. The van der Waals surface area contributed by atoms with E-state index in [4.69, 9.17) is 0 Å². The molecule has 0 bridgehead atoms. The van der Waals surface area contributed by atoms with Crippen molar-refractivity contribution in [1.29, 1.82) is 0 Å². The Hall–Kier alpha value is -2.28. The Morgan fingerprint density at radius 2 is 2.10 bits per heavy atom. The molecule has 1 saturated carbocycles. The third-order valence-electron chi connectivity index (χ3n) is 4.22. The van der Waals surface area contributed by atoms with E-state index in [9.17, 15) is 10.1 Å². The molecule has 4 rings (SSSR count).